The van der Waals surface area contributed by atoms with Crippen molar-refractivity contribution in [1.82, 2.24) is 14.8 Å². The second-order valence-corrected chi connectivity index (χ2v) is 6.02. The van der Waals surface area contributed by atoms with Crippen molar-refractivity contribution in [2.45, 2.75) is 31.3 Å². The van der Waals surface area contributed by atoms with Crippen molar-refractivity contribution >= 4 is 11.6 Å². The lowest BCUT2D eigenvalue weighted by molar-refractivity contribution is 0.0259. The summed E-state index contributed by atoms with van der Waals surface area (Å²) in [7, 11) is 6.56. The van der Waals surface area contributed by atoms with Gasteiger partial charge in [0.25, 0.3) is 0 Å². The zero-order chi connectivity index (χ0) is 13.2. The Hall–Kier alpha value is -0.640. The molecule has 1 aromatic rings. The molecule has 0 atom stereocenters. The molecule has 0 bridgehead atoms. The Balaban J connectivity index is 1.94. The molecule has 0 unspecified atom stereocenters. The highest BCUT2D eigenvalue weighted by atomic mass is 35.5. The third-order valence-corrected chi connectivity index (χ3v) is 4.25. The quantitative estimate of drug-likeness (QED) is 0.765. The fraction of sp³-hybridized carbons (Fsp3) is 0.643. The topological polar surface area (TPSA) is 19.4 Å². The van der Waals surface area contributed by atoms with Gasteiger partial charge in [0.15, 0.2) is 0 Å². The third kappa shape index (κ3) is 3.02. The van der Waals surface area contributed by atoms with Crippen molar-refractivity contribution in [2.24, 2.45) is 0 Å². The number of rotatable bonds is 5. The van der Waals surface area contributed by atoms with Gasteiger partial charge in [-0.1, -0.05) is 11.6 Å². The molecule has 0 aliphatic heterocycles. The van der Waals surface area contributed by atoms with Gasteiger partial charge in [-0.25, -0.2) is 4.98 Å². The monoisotopic (exact) mass is 267 g/mol. The van der Waals surface area contributed by atoms with E-state index in [9.17, 15) is 0 Å². The van der Waals surface area contributed by atoms with Gasteiger partial charge in [-0.15, -0.1) is 0 Å². The summed E-state index contributed by atoms with van der Waals surface area (Å²) in [6, 6.07) is 3.98. The zero-order valence-corrected chi connectivity index (χ0v) is 12.2. The Bertz CT molecular complexity index is 402. The van der Waals surface area contributed by atoms with Gasteiger partial charge >= 0.3 is 0 Å². The molecule has 0 aromatic carbocycles. The number of nitrogens with zero attached hydrogens (tertiary/aromatic N) is 3. The predicted octanol–water partition coefficient (Wildman–Crippen LogP) is 2.65. The van der Waals surface area contributed by atoms with Gasteiger partial charge in [-0.05, 0) is 58.1 Å². The number of halogens is 1. The molecule has 1 aliphatic carbocycles. The van der Waals surface area contributed by atoms with Crippen LogP contribution in [0.1, 0.15) is 24.8 Å². The first-order valence-electron chi connectivity index (χ1n) is 6.48. The summed E-state index contributed by atoms with van der Waals surface area (Å²) in [5.74, 6) is 0. The summed E-state index contributed by atoms with van der Waals surface area (Å²) >= 11 is 5.91. The van der Waals surface area contributed by atoms with Crippen LogP contribution in [0, 0.1) is 0 Å². The van der Waals surface area contributed by atoms with Crippen LogP contribution in [0.5, 0.6) is 0 Å². The molecule has 1 saturated carbocycles. The fourth-order valence-corrected chi connectivity index (χ4v) is 2.94. The van der Waals surface area contributed by atoms with Gasteiger partial charge in [0.2, 0.25) is 0 Å². The molecule has 3 nitrogen and oxygen atoms in total. The highest BCUT2D eigenvalue weighted by Crippen LogP contribution is 2.36. The lowest BCUT2D eigenvalue weighted by Crippen LogP contribution is -2.56. The number of likely N-dealkylation sites (N-methyl/N-ethyl adjacent to an activating group) is 2. The summed E-state index contributed by atoms with van der Waals surface area (Å²) in [6.45, 7) is 2.04. The standard InChI is InChI=1S/C14H22ClN3/c1-17(2)14(6-4-7-14)11-18(3)10-12-5-8-16-13(15)9-12/h5,8-9H,4,6-7,10-11H2,1-3H3. The smallest absolute Gasteiger partial charge is 0.129 e. The van der Waals surface area contributed by atoms with E-state index < -0.39 is 0 Å². The first kappa shape index (κ1) is 13.8. The SMILES string of the molecule is CN(Cc1ccnc(Cl)c1)CC1(N(C)C)CCC1. The zero-order valence-electron chi connectivity index (χ0n) is 11.5. The molecule has 0 amide bonds. The van der Waals surface area contributed by atoms with Crippen LogP contribution in [0.25, 0.3) is 0 Å². The lowest BCUT2D eigenvalue weighted by Gasteiger charge is -2.49. The maximum Gasteiger partial charge on any atom is 0.129 e. The summed E-state index contributed by atoms with van der Waals surface area (Å²) in [5.41, 5.74) is 1.61. The largest absolute Gasteiger partial charge is 0.302 e. The highest BCUT2D eigenvalue weighted by molar-refractivity contribution is 6.29. The molecule has 0 spiro atoms. The van der Waals surface area contributed by atoms with E-state index in [2.05, 4.69) is 35.9 Å². The minimum absolute atomic E-state index is 0.381. The molecule has 2 rings (SSSR count). The van der Waals surface area contributed by atoms with Gasteiger partial charge in [0.1, 0.15) is 5.15 Å². The van der Waals surface area contributed by atoms with Gasteiger partial charge in [0.05, 0.1) is 0 Å². The first-order valence-corrected chi connectivity index (χ1v) is 6.86. The van der Waals surface area contributed by atoms with E-state index in [-0.39, 0.29) is 0 Å². The number of hydrogen-bond donors (Lipinski definition) is 0. The van der Waals surface area contributed by atoms with E-state index in [0.717, 1.165) is 13.1 Å². The summed E-state index contributed by atoms with van der Waals surface area (Å²) in [6.07, 6.45) is 5.74. The van der Waals surface area contributed by atoms with Crippen molar-refractivity contribution in [3.8, 4) is 0 Å². The third-order valence-electron chi connectivity index (χ3n) is 4.04. The van der Waals surface area contributed by atoms with E-state index in [1.807, 2.05) is 12.1 Å². The molecule has 100 valence electrons. The van der Waals surface area contributed by atoms with E-state index >= 15 is 0 Å². The van der Waals surface area contributed by atoms with Gasteiger partial charge in [-0.3, -0.25) is 0 Å². The van der Waals surface area contributed by atoms with Crippen LogP contribution >= 0.6 is 11.6 Å². The minimum atomic E-state index is 0.381. The van der Waals surface area contributed by atoms with Gasteiger partial charge < -0.3 is 9.80 Å². The second-order valence-electron chi connectivity index (χ2n) is 5.63. The maximum absolute atomic E-state index is 5.91. The van der Waals surface area contributed by atoms with E-state index in [0.29, 0.717) is 10.7 Å². The van der Waals surface area contributed by atoms with Crippen molar-refractivity contribution in [1.29, 1.82) is 0 Å². The van der Waals surface area contributed by atoms with Crippen molar-refractivity contribution in [3.63, 3.8) is 0 Å². The Kier molecular flexibility index (Phi) is 4.25. The van der Waals surface area contributed by atoms with Crippen molar-refractivity contribution in [2.75, 3.05) is 27.7 Å². The van der Waals surface area contributed by atoms with Crippen LogP contribution in [0.4, 0.5) is 0 Å². The fourth-order valence-electron chi connectivity index (χ4n) is 2.74. The van der Waals surface area contributed by atoms with Crippen LogP contribution in [-0.2, 0) is 6.54 Å². The van der Waals surface area contributed by atoms with E-state index in [1.165, 1.54) is 24.8 Å². The Labute approximate surface area is 115 Å². The predicted molar refractivity (Wildman–Crippen MR) is 75.9 cm³/mol. The van der Waals surface area contributed by atoms with Crippen molar-refractivity contribution < 1.29 is 0 Å². The van der Waals surface area contributed by atoms with Gasteiger partial charge in [0, 0.05) is 24.8 Å². The highest BCUT2D eigenvalue weighted by Gasteiger charge is 2.39. The lowest BCUT2D eigenvalue weighted by atomic mass is 9.75. The molecule has 1 aromatic heterocycles. The van der Waals surface area contributed by atoms with Crippen LogP contribution in [-0.4, -0.2) is 48.0 Å². The molecule has 18 heavy (non-hydrogen) atoms. The number of hydrogen-bond acceptors (Lipinski definition) is 3. The van der Waals surface area contributed by atoms with Crippen LogP contribution < -0.4 is 0 Å². The minimum Gasteiger partial charge on any atom is -0.302 e. The average Bonchev–Trinajstić information content (AvgIpc) is 2.23. The van der Waals surface area contributed by atoms with Crippen LogP contribution in [0.2, 0.25) is 5.15 Å². The Morgan fingerprint density at radius 2 is 2.06 bits per heavy atom. The summed E-state index contributed by atoms with van der Waals surface area (Å²) < 4.78 is 0. The van der Waals surface area contributed by atoms with Gasteiger partial charge in [-0.2, -0.15) is 0 Å². The Morgan fingerprint density at radius 3 is 2.56 bits per heavy atom. The molecule has 1 aliphatic rings. The first-order chi connectivity index (χ1) is 8.52. The average molecular weight is 268 g/mol. The molecule has 0 saturated heterocycles. The molecule has 1 heterocycles. The van der Waals surface area contributed by atoms with E-state index in [1.54, 1.807) is 6.20 Å². The molecular formula is C14H22ClN3. The molecule has 4 heteroatoms. The second kappa shape index (κ2) is 5.55. The van der Waals surface area contributed by atoms with E-state index in [4.69, 9.17) is 11.6 Å². The molecule has 1 fully saturated rings. The molecule has 0 N–H and O–H groups in total. The Morgan fingerprint density at radius 1 is 1.33 bits per heavy atom. The molecular weight excluding hydrogens is 246 g/mol. The number of aromatic nitrogens is 1. The van der Waals surface area contributed by atoms with Crippen LogP contribution in [0.3, 0.4) is 0 Å². The normalized spacial score (nSPS) is 18.1. The summed E-state index contributed by atoms with van der Waals surface area (Å²) in [4.78, 5) is 8.78. The van der Waals surface area contributed by atoms with Crippen molar-refractivity contribution in [3.05, 3.63) is 29.0 Å². The number of pyridine rings is 1. The van der Waals surface area contributed by atoms with Crippen LogP contribution in [0.15, 0.2) is 18.3 Å². The maximum atomic E-state index is 5.91. The molecule has 0 radical (unpaired) electrons. The summed E-state index contributed by atoms with van der Waals surface area (Å²) in [5, 5.41) is 0.576.